The van der Waals surface area contributed by atoms with E-state index in [9.17, 15) is 9.90 Å². The first-order valence-corrected chi connectivity index (χ1v) is 18.2. The molecule has 2 aromatic carbocycles. The van der Waals surface area contributed by atoms with Crippen molar-refractivity contribution in [2.45, 2.75) is 56.4 Å². The lowest BCUT2D eigenvalue weighted by Crippen LogP contribution is -2.50. The van der Waals surface area contributed by atoms with Gasteiger partial charge in [-0.2, -0.15) is 5.10 Å². The highest BCUT2D eigenvalue weighted by molar-refractivity contribution is 6.01. The fourth-order valence-electron chi connectivity index (χ4n) is 8.03. The Balaban J connectivity index is 0.836. The number of anilines is 1. The van der Waals surface area contributed by atoms with E-state index in [2.05, 4.69) is 76.8 Å². The van der Waals surface area contributed by atoms with Crippen LogP contribution >= 0.6 is 0 Å². The van der Waals surface area contributed by atoms with Gasteiger partial charge in [-0.25, -0.2) is 15.0 Å². The van der Waals surface area contributed by atoms with Crippen LogP contribution in [0.25, 0.3) is 27.9 Å². The van der Waals surface area contributed by atoms with Crippen molar-refractivity contribution in [1.82, 2.24) is 30.0 Å². The zero-order valence-corrected chi connectivity index (χ0v) is 28.8. The Morgan fingerprint density at radius 3 is 2.71 bits per heavy atom. The number of hydrogen-bond donors (Lipinski definition) is 3. The number of rotatable bonds is 11. The molecule has 1 saturated heterocycles. The molecule has 4 atom stereocenters. The molecule has 2 saturated carbocycles. The Morgan fingerprint density at radius 2 is 1.94 bits per heavy atom. The molecular weight excluding hydrogens is 642 g/mol. The molecule has 12 nitrogen and oxygen atoms in total. The van der Waals surface area contributed by atoms with Gasteiger partial charge in [0.2, 0.25) is 0 Å². The van der Waals surface area contributed by atoms with Crippen molar-refractivity contribution in [3.63, 3.8) is 0 Å². The molecule has 9 rings (SSSR count). The molecule has 2 aromatic heterocycles. The second-order valence-electron chi connectivity index (χ2n) is 14.6. The zero-order chi connectivity index (χ0) is 34.6. The molecule has 3 unspecified atom stereocenters. The van der Waals surface area contributed by atoms with E-state index in [1.54, 1.807) is 12.4 Å². The first kappa shape index (κ1) is 32.3. The number of aliphatic imine (C=N–C) groups is 2. The van der Waals surface area contributed by atoms with Gasteiger partial charge in [-0.3, -0.25) is 24.7 Å². The van der Waals surface area contributed by atoms with Gasteiger partial charge in [0.15, 0.2) is 11.4 Å². The highest BCUT2D eigenvalue weighted by atomic mass is 16.5. The molecule has 5 heterocycles. The maximum Gasteiger partial charge on any atom is 0.258 e. The summed E-state index contributed by atoms with van der Waals surface area (Å²) < 4.78 is 6.22. The first-order valence-electron chi connectivity index (χ1n) is 18.2. The third-order valence-electron chi connectivity index (χ3n) is 11.2. The minimum Gasteiger partial charge on any atom is -0.377 e. The first-order chi connectivity index (χ1) is 24.9. The number of β-amino-alcohol motifs (C(OH)–C–C–N with tert-alkyl or cyclic N) is 1. The van der Waals surface area contributed by atoms with E-state index in [-0.39, 0.29) is 17.4 Å². The summed E-state index contributed by atoms with van der Waals surface area (Å²) in [5.41, 5.74) is 4.66. The lowest BCUT2D eigenvalue weighted by atomic mass is 9.98. The molecule has 4 aromatic rings. The Hall–Kier alpha value is -4.62. The fourth-order valence-corrected chi connectivity index (χ4v) is 8.03. The summed E-state index contributed by atoms with van der Waals surface area (Å²) in [6.07, 6.45) is 11.8. The summed E-state index contributed by atoms with van der Waals surface area (Å²) in [5, 5.41) is 23.3. The number of benzene rings is 2. The lowest BCUT2D eigenvalue weighted by Gasteiger charge is -2.33. The summed E-state index contributed by atoms with van der Waals surface area (Å²) in [5.74, 6) is 2.28. The van der Waals surface area contributed by atoms with Crippen LogP contribution in [0.3, 0.4) is 0 Å². The molecule has 2 aliphatic carbocycles. The molecule has 3 aliphatic heterocycles. The predicted molar refractivity (Wildman–Crippen MR) is 196 cm³/mol. The quantitative estimate of drug-likeness (QED) is 0.207. The monoisotopic (exact) mass is 685 g/mol. The van der Waals surface area contributed by atoms with Gasteiger partial charge in [0.05, 0.1) is 11.2 Å². The van der Waals surface area contributed by atoms with Crippen LogP contribution in [0.1, 0.15) is 50.3 Å². The molecule has 5 aliphatic rings. The summed E-state index contributed by atoms with van der Waals surface area (Å²) in [6.45, 7) is 5.27. The van der Waals surface area contributed by atoms with Crippen LogP contribution in [0.2, 0.25) is 0 Å². The minimum absolute atomic E-state index is 0.164. The van der Waals surface area contributed by atoms with Crippen LogP contribution in [0.4, 0.5) is 5.69 Å². The van der Waals surface area contributed by atoms with E-state index in [4.69, 9.17) is 9.73 Å². The number of amides is 1. The summed E-state index contributed by atoms with van der Waals surface area (Å²) in [7, 11) is 0. The van der Waals surface area contributed by atoms with Crippen LogP contribution in [0.15, 0.2) is 77.0 Å². The van der Waals surface area contributed by atoms with Crippen molar-refractivity contribution in [3.8, 4) is 11.4 Å². The van der Waals surface area contributed by atoms with E-state index >= 15 is 0 Å². The number of aromatic nitrogens is 4. The van der Waals surface area contributed by atoms with Gasteiger partial charge in [-0.15, -0.1) is 0 Å². The molecule has 3 N–H and O–H groups in total. The Kier molecular flexibility index (Phi) is 8.14. The van der Waals surface area contributed by atoms with Crippen LogP contribution in [0, 0.1) is 11.8 Å². The Bertz CT molecular complexity index is 2040. The molecule has 1 amide bonds. The van der Waals surface area contributed by atoms with Gasteiger partial charge in [-0.1, -0.05) is 30.3 Å². The summed E-state index contributed by atoms with van der Waals surface area (Å²) >= 11 is 0. The number of nitrogens with one attached hydrogen (secondary N) is 2. The molecule has 51 heavy (non-hydrogen) atoms. The van der Waals surface area contributed by atoms with E-state index in [1.165, 1.54) is 11.1 Å². The molecule has 3 fully saturated rings. The number of aliphatic hydroxyl groups is 1. The number of aliphatic hydroxyl groups excluding tert-OH is 1. The number of likely N-dealkylation sites (tertiary alicyclic amines) is 1. The standard InChI is InChI=1S/C39H43N9O3/c1-2-51-38(37(50)43-30-10-11-32-31(20-30)34(46-45-32)39-21-29(39)22-42-36(44-39)28-8-9-28)14-19-47(24-38)23-33(49)48-17-12-26(13-18-48)25-4-6-27(7-5-25)35-40-15-3-16-41-35/h3-7,10-12,15-16,20,22,28-29,33,49H,2,8-9,13-14,17-19,21,23-24H2,1H3,(H,43,50)(H,45,46)/t29?,33?,38-,39?/m0/s1. The highest BCUT2D eigenvalue weighted by Crippen LogP contribution is 2.58. The largest absolute Gasteiger partial charge is 0.377 e. The van der Waals surface area contributed by atoms with Crippen molar-refractivity contribution in [2.24, 2.45) is 21.8 Å². The molecule has 0 radical (unpaired) electrons. The Morgan fingerprint density at radius 1 is 1.12 bits per heavy atom. The van der Waals surface area contributed by atoms with Crippen molar-refractivity contribution in [1.29, 1.82) is 0 Å². The van der Waals surface area contributed by atoms with Crippen LogP contribution in [-0.2, 0) is 15.1 Å². The van der Waals surface area contributed by atoms with E-state index in [1.807, 2.05) is 31.2 Å². The third-order valence-corrected chi connectivity index (χ3v) is 11.2. The molecule has 262 valence electrons. The number of H-pyrrole nitrogens is 1. The smallest absolute Gasteiger partial charge is 0.258 e. The number of ether oxygens (including phenoxy) is 1. The second-order valence-corrected chi connectivity index (χ2v) is 14.6. The normalized spacial score (nSPS) is 26.8. The number of nitrogens with zero attached hydrogens (tertiary/aromatic N) is 7. The SMILES string of the molecule is CCO[C@@]1(C(=O)Nc2ccc3n[nH]c(C45CC4C=NC(C4CC4)=N5)c3c2)CCN(CC(O)N2CC=C(c3ccc(-c4ncccn4)cc3)CC2)C1. The van der Waals surface area contributed by atoms with Gasteiger partial charge < -0.3 is 15.2 Å². The predicted octanol–water partition coefficient (Wildman–Crippen LogP) is 4.66. The number of fused-ring (bicyclic) bond motifs is 2. The topological polar surface area (TPSA) is 144 Å². The van der Waals surface area contributed by atoms with Crippen molar-refractivity contribution < 1.29 is 14.6 Å². The average molecular weight is 686 g/mol. The average Bonchev–Trinajstić information content (AvgIpc) is 4.07. The number of carbonyl (C=O) groups is 1. The van der Waals surface area contributed by atoms with Crippen LogP contribution < -0.4 is 5.32 Å². The van der Waals surface area contributed by atoms with Gasteiger partial charge >= 0.3 is 0 Å². The van der Waals surface area contributed by atoms with Crippen LogP contribution in [-0.4, -0.2) is 104 Å². The van der Waals surface area contributed by atoms with Gasteiger partial charge in [-0.05, 0) is 74.4 Å². The lowest BCUT2D eigenvalue weighted by molar-refractivity contribution is -0.139. The maximum atomic E-state index is 14.0. The number of aromatic amines is 1. The molecule has 0 bridgehead atoms. The van der Waals surface area contributed by atoms with E-state index < -0.39 is 11.8 Å². The van der Waals surface area contributed by atoms with Gasteiger partial charge in [0, 0.05) is 86.4 Å². The van der Waals surface area contributed by atoms with Gasteiger partial charge in [0.25, 0.3) is 5.91 Å². The summed E-state index contributed by atoms with van der Waals surface area (Å²) in [4.78, 5) is 36.7. The maximum absolute atomic E-state index is 14.0. The van der Waals surface area contributed by atoms with Crippen molar-refractivity contribution in [3.05, 3.63) is 78.3 Å². The van der Waals surface area contributed by atoms with Crippen molar-refractivity contribution >= 4 is 40.1 Å². The van der Waals surface area contributed by atoms with Crippen LogP contribution in [0.5, 0.6) is 0 Å². The highest BCUT2D eigenvalue weighted by Gasteiger charge is 2.59. The molecule has 12 heteroatoms. The minimum atomic E-state index is -1.00. The zero-order valence-electron chi connectivity index (χ0n) is 28.8. The third kappa shape index (κ3) is 6.09. The number of carbonyl (C=O) groups excluding carboxylic acids is 1. The number of hydrogen-bond acceptors (Lipinski definition) is 10. The van der Waals surface area contributed by atoms with E-state index in [0.717, 1.165) is 60.2 Å². The molecular formula is C39H43N9O3. The second kappa shape index (κ2) is 12.9. The fraction of sp³-hybridized carbons (Fsp3) is 0.436. The van der Waals surface area contributed by atoms with E-state index in [0.29, 0.717) is 56.6 Å². The van der Waals surface area contributed by atoms with Gasteiger partial charge in [0.1, 0.15) is 17.6 Å². The summed E-state index contributed by atoms with van der Waals surface area (Å²) in [6, 6.07) is 16.0. The van der Waals surface area contributed by atoms with Crippen molar-refractivity contribution in [2.75, 3.05) is 44.6 Å². The number of amidine groups is 1. The molecule has 0 spiro atoms. The Labute approximate surface area is 296 Å².